The van der Waals surface area contributed by atoms with Gasteiger partial charge in [0.2, 0.25) is 0 Å². The maximum absolute atomic E-state index is 2.97. The number of hydrazine groups is 1. The molecular formula is C5H13N3. The van der Waals surface area contributed by atoms with Gasteiger partial charge in [-0.25, -0.2) is 5.43 Å². The van der Waals surface area contributed by atoms with Crippen molar-refractivity contribution in [3.8, 4) is 0 Å². The third kappa shape index (κ3) is 5.46. The molecule has 0 aliphatic carbocycles. The van der Waals surface area contributed by atoms with Gasteiger partial charge in [-0.3, -0.25) is 0 Å². The van der Waals surface area contributed by atoms with Gasteiger partial charge in [0.15, 0.2) is 0 Å². The molecule has 0 amide bonds. The molecule has 0 bridgehead atoms. The van der Waals surface area contributed by atoms with Crippen LogP contribution in [0.3, 0.4) is 0 Å². The molecule has 0 atom stereocenters. The number of nitrogens with one attached hydrogen (secondary N) is 3. The van der Waals surface area contributed by atoms with Gasteiger partial charge in [0.1, 0.15) is 0 Å². The van der Waals surface area contributed by atoms with Crippen molar-refractivity contribution in [2.24, 2.45) is 0 Å². The lowest BCUT2D eigenvalue weighted by Crippen LogP contribution is -2.21. The van der Waals surface area contributed by atoms with E-state index < -0.39 is 0 Å². The van der Waals surface area contributed by atoms with Gasteiger partial charge in [0.05, 0.1) is 0 Å². The van der Waals surface area contributed by atoms with Gasteiger partial charge in [-0.15, -0.1) is 0 Å². The van der Waals surface area contributed by atoms with E-state index in [1.165, 1.54) is 0 Å². The zero-order valence-electron chi connectivity index (χ0n) is 5.36. The molecule has 48 valence electrons. The standard InChI is InChI=1S/C5H13N3/c1-6-4-3-5-8-7-2/h3,5-8H,4H2,1-2H3/b5-3+. The zero-order chi connectivity index (χ0) is 6.24. The largest absolute Gasteiger partial charge is 0.329 e. The van der Waals surface area contributed by atoms with Crippen molar-refractivity contribution < 1.29 is 0 Å². The number of rotatable bonds is 4. The predicted molar refractivity (Wildman–Crippen MR) is 35.3 cm³/mol. The zero-order valence-corrected chi connectivity index (χ0v) is 5.36. The molecule has 0 aromatic carbocycles. The summed E-state index contributed by atoms with van der Waals surface area (Å²) in [4.78, 5) is 0. The number of hydrogen-bond donors (Lipinski definition) is 3. The van der Waals surface area contributed by atoms with Crippen LogP contribution in [-0.4, -0.2) is 20.6 Å². The quantitative estimate of drug-likeness (QED) is 0.430. The van der Waals surface area contributed by atoms with E-state index in [0.29, 0.717) is 0 Å². The monoisotopic (exact) mass is 115 g/mol. The Hall–Kier alpha value is -0.540. The molecule has 0 spiro atoms. The Balaban J connectivity index is 2.83. The lowest BCUT2D eigenvalue weighted by Gasteiger charge is -1.92. The van der Waals surface area contributed by atoms with E-state index in [1.807, 2.05) is 26.4 Å². The molecular weight excluding hydrogens is 102 g/mol. The second-order valence-electron chi connectivity index (χ2n) is 1.35. The van der Waals surface area contributed by atoms with E-state index in [4.69, 9.17) is 0 Å². The highest BCUT2D eigenvalue weighted by atomic mass is 15.3. The molecule has 0 unspecified atom stereocenters. The number of hydrogen-bond acceptors (Lipinski definition) is 3. The molecule has 0 rings (SSSR count). The third-order valence-corrected chi connectivity index (χ3v) is 0.667. The van der Waals surface area contributed by atoms with Crippen LogP contribution in [0.25, 0.3) is 0 Å². The van der Waals surface area contributed by atoms with Crippen LogP contribution in [0, 0.1) is 0 Å². The Labute approximate surface area is 50.1 Å². The van der Waals surface area contributed by atoms with Crippen molar-refractivity contribution in [2.45, 2.75) is 0 Å². The Morgan fingerprint density at radius 2 is 2.12 bits per heavy atom. The average molecular weight is 115 g/mol. The lowest BCUT2D eigenvalue weighted by molar-refractivity contribution is 0.726. The summed E-state index contributed by atoms with van der Waals surface area (Å²) in [6.45, 7) is 0.898. The van der Waals surface area contributed by atoms with E-state index in [1.54, 1.807) is 0 Å². The third-order valence-electron chi connectivity index (χ3n) is 0.667. The maximum Gasteiger partial charge on any atom is 0.0149 e. The predicted octanol–water partition coefficient (Wildman–Crippen LogP) is -0.556. The average Bonchev–Trinajstić information content (AvgIpc) is 1.81. The Morgan fingerprint density at radius 3 is 2.62 bits per heavy atom. The minimum atomic E-state index is 0.898. The summed E-state index contributed by atoms with van der Waals surface area (Å²) in [5.74, 6) is 0. The van der Waals surface area contributed by atoms with E-state index in [9.17, 15) is 0 Å². The summed E-state index contributed by atoms with van der Waals surface area (Å²) in [5.41, 5.74) is 5.57. The molecule has 0 heterocycles. The highest BCUT2D eigenvalue weighted by Crippen LogP contribution is 1.58. The molecule has 3 N–H and O–H groups in total. The second kappa shape index (κ2) is 6.46. The van der Waals surface area contributed by atoms with Crippen LogP contribution in [0.1, 0.15) is 0 Å². The second-order valence-corrected chi connectivity index (χ2v) is 1.35. The Morgan fingerprint density at radius 1 is 1.38 bits per heavy atom. The molecule has 0 aromatic rings. The molecule has 3 nitrogen and oxygen atoms in total. The highest BCUT2D eigenvalue weighted by molar-refractivity contribution is 4.78. The molecule has 3 heteroatoms. The van der Waals surface area contributed by atoms with Crippen molar-refractivity contribution in [1.29, 1.82) is 0 Å². The van der Waals surface area contributed by atoms with E-state index in [-0.39, 0.29) is 0 Å². The fourth-order valence-corrected chi connectivity index (χ4v) is 0.319. The smallest absolute Gasteiger partial charge is 0.0149 e. The van der Waals surface area contributed by atoms with Gasteiger partial charge in [-0.05, 0) is 7.05 Å². The summed E-state index contributed by atoms with van der Waals surface area (Å²) in [7, 11) is 3.73. The summed E-state index contributed by atoms with van der Waals surface area (Å²) in [6, 6.07) is 0. The highest BCUT2D eigenvalue weighted by Gasteiger charge is 1.66. The molecule has 0 aromatic heterocycles. The number of likely N-dealkylation sites (N-methyl/N-ethyl adjacent to an activating group) is 1. The SMILES string of the molecule is CNC/C=C/NNC. The van der Waals surface area contributed by atoms with Gasteiger partial charge in [-0.1, -0.05) is 6.08 Å². The molecule has 0 aliphatic heterocycles. The lowest BCUT2D eigenvalue weighted by atomic mass is 10.6. The van der Waals surface area contributed by atoms with E-state index in [2.05, 4.69) is 16.2 Å². The van der Waals surface area contributed by atoms with Crippen LogP contribution in [-0.2, 0) is 0 Å². The Kier molecular flexibility index (Phi) is 6.02. The van der Waals surface area contributed by atoms with Crippen molar-refractivity contribution in [1.82, 2.24) is 16.2 Å². The van der Waals surface area contributed by atoms with Crippen LogP contribution < -0.4 is 16.2 Å². The van der Waals surface area contributed by atoms with Gasteiger partial charge >= 0.3 is 0 Å². The molecule has 0 fully saturated rings. The van der Waals surface area contributed by atoms with E-state index >= 15 is 0 Å². The maximum atomic E-state index is 2.97. The molecule has 0 saturated carbocycles. The minimum absolute atomic E-state index is 0.898. The first-order valence-electron chi connectivity index (χ1n) is 2.63. The first-order chi connectivity index (χ1) is 3.91. The van der Waals surface area contributed by atoms with Gasteiger partial charge in [0.25, 0.3) is 0 Å². The van der Waals surface area contributed by atoms with Gasteiger partial charge in [-0.2, -0.15) is 0 Å². The van der Waals surface area contributed by atoms with Crippen molar-refractivity contribution >= 4 is 0 Å². The first-order valence-corrected chi connectivity index (χ1v) is 2.63. The van der Waals surface area contributed by atoms with Gasteiger partial charge in [0, 0.05) is 19.8 Å². The van der Waals surface area contributed by atoms with Crippen LogP contribution >= 0.6 is 0 Å². The van der Waals surface area contributed by atoms with Gasteiger partial charge < -0.3 is 10.7 Å². The fourth-order valence-electron chi connectivity index (χ4n) is 0.319. The first kappa shape index (κ1) is 7.46. The van der Waals surface area contributed by atoms with Crippen molar-refractivity contribution in [2.75, 3.05) is 20.6 Å². The molecule has 0 saturated heterocycles. The van der Waals surface area contributed by atoms with Crippen LogP contribution in [0.15, 0.2) is 12.3 Å². The normalized spacial score (nSPS) is 10.2. The van der Waals surface area contributed by atoms with Crippen molar-refractivity contribution in [3.05, 3.63) is 12.3 Å². The van der Waals surface area contributed by atoms with Crippen LogP contribution in [0.2, 0.25) is 0 Å². The molecule has 0 radical (unpaired) electrons. The summed E-state index contributed by atoms with van der Waals surface area (Å²) >= 11 is 0. The summed E-state index contributed by atoms with van der Waals surface area (Å²) < 4.78 is 0. The summed E-state index contributed by atoms with van der Waals surface area (Å²) in [5, 5.41) is 2.97. The summed E-state index contributed by atoms with van der Waals surface area (Å²) in [6.07, 6.45) is 3.83. The molecule has 8 heavy (non-hydrogen) atoms. The molecule has 0 aliphatic rings. The fraction of sp³-hybridized carbons (Fsp3) is 0.600. The topological polar surface area (TPSA) is 36.1 Å². The minimum Gasteiger partial charge on any atom is -0.329 e. The van der Waals surface area contributed by atoms with Crippen LogP contribution in [0.4, 0.5) is 0 Å². The van der Waals surface area contributed by atoms with Crippen LogP contribution in [0.5, 0.6) is 0 Å². The Bertz CT molecular complexity index is 52.7. The van der Waals surface area contributed by atoms with E-state index in [0.717, 1.165) is 6.54 Å². The van der Waals surface area contributed by atoms with Crippen molar-refractivity contribution in [3.63, 3.8) is 0 Å².